The summed E-state index contributed by atoms with van der Waals surface area (Å²) in [7, 11) is 0. The van der Waals surface area contributed by atoms with Gasteiger partial charge in [-0.3, -0.25) is 0 Å². The lowest BCUT2D eigenvalue weighted by atomic mass is 10.0. The Morgan fingerprint density at radius 3 is 2.95 bits per heavy atom. The van der Waals surface area contributed by atoms with Crippen molar-refractivity contribution in [2.45, 2.75) is 6.42 Å². The van der Waals surface area contributed by atoms with E-state index in [0.717, 1.165) is 21.9 Å². The van der Waals surface area contributed by atoms with E-state index in [1.165, 1.54) is 0 Å². The maximum Gasteiger partial charge on any atom is 0.206 e. The van der Waals surface area contributed by atoms with Gasteiger partial charge in [0.15, 0.2) is 0 Å². The minimum absolute atomic E-state index is 0.589. The van der Waals surface area contributed by atoms with Crippen molar-refractivity contribution in [3.8, 4) is 11.9 Å². The number of allylic oxidation sites excluding steroid dienone is 5. The van der Waals surface area contributed by atoms with E-state index in [1.807, 2.05) is 48.7 Å². The van der Waals surface area contributed by atoms with E-state index in [-0.39, 0.29) is 0 Å². The number of benzene rings is 1. The molecule has 3 nitrogen and oxygen atoms in total. The van der Waals surface area contributed by atoms with Crippen LogP contribution >= 0.6 is 11.6 Å². The Morgan fingerprint density at radius 1 is 1.26 bits per heavy atom. The van der Waals surface area contributed by atoms with Crippen LogP contribution in [0.4, 0.5) is 0 Å². The molecule has 0 fully saturated rings. The van der Waals surface area contributed by atoms with Gasteiger partial charge in [0.1, 0.15) is 11.5 Å². The molecule has 92 valence electrons. The second-order valence-corrected chi connectivity index (χ2v) is 4.67. The van der Waals surface area contributed by atoms with Gasteiger partial charge >= 0.3 is 0 Å². The number of para-hydroxylation sites is 1. The number of rotatable bonds is 0. The molecular weight excluding hydrogens is 260 g/mol. The van der Waals surface area contributed by atoms with E-state index in [1.54, 1.807) is 0 Å². The Bertz CT molecular complexity index is 705. The Labute approximate surface area is 115 Å². The molecule has 4 heteroatoms. The predicted octanol–water partition coefficient (Wildman–Crippen LogP) is 3.69. The second kappa shape index (κ2) is 4.75. The predicted molar refractivity (Wildman–Crippen MR) is 73.9 cm³/mol. The Hall–Kier alpha value is -2.31. The van der Waals surface area contributed by atoms with Crippen LogP contribution in [0.1, 0.15) is 12.0 Å². The zero-order valence-corrected chi connectivity index (χ0v) is 10.7. The average molecular weight is 269 g/mol. The number of nitriles is 1. The Kier molecular flexibility index (Phi) is 2.94. The molecule has 1 aliphatic carbocycles. The molecule has 0 amide bonds. The summed E-state index contributed by atoms with van der Waals surface area (Å²) in [5.41, 5.74) is 2.34. The molecule has 0 unspecified atom stereocenters. The van der Waals surface area contributed by atoms with E-state index in [9.17, 15) is 0 Å². The van der Waals surface area contributed by atoms with Crippen molar-refractivity contribution in [1.29, 1.82) is 5.26 Å². The third-order valence-corrected chi connectivity index (χ3v) is 3.22. The normalized spacial score (nSPS) is 18.9. The van der Waals surface area contributed by atoms with Crippen molar-refractivity contribution in [1.82, 2.24) is 0 Å². The molecule has 1 aromatic rings. The molecule has 0 atom stereocenters. The van der Waals surface area contributed by atoms with E-state index >= 15 is 0 Å². The van der Waals surface area contributed by atoms with Crippen LogP contribution in [0.2, 0.25) is 0 Å². The Balaban J connectivity index is 2.20. The molecule has 19 heavy (non-hydrogen) atoms. The molecule has 1 heterocycles. The highest BCUT2D eigenvalue weighted by molar-refractivity contribution is 6.30. The first kappa shape index (κ1) is 11.8. The lowest BCUT2D eigenvalue weighted by Crippen LogP contribution is -2.01. The van der Waals surface area contributed by atoms with Gasteiger partial charge in [0.2, 0.25) is 6.19 Å². The highest BCUT2D eigenvalue weighted by Gasteiger charge is 2.21. The van der Waals surface area contributed by atoms with Crippen molar-refractivity contribution in [3.63, 3.8) is 0 Å². The summed E-state index contributed by atoms with van der Waals surface area (Å²) in [6, 6.07) is 7.53. The summed E-state index contributed by atoms with van der Waals surface area (Å²) in [5, 5.41) is 9.56. The summed E-state index contributed by atoms with van der Waals surface area (Å²) in [5.74, 6) is 1.44. The maximum atomic E-state index is 8.82. The van der Waals surface area contributed by atoms with Crippen LogP contribution in [-0.2, 0) is 0 Å². The zero-order chi connectivity index (χ0) is 13.2. The van der Waals surface area contributed by atoms with E-state index in [2.05, 4.69) is 4.99 Å². The molecule has 0 N–H and O–H groups in total. The third kappa shape index (κ3) is 2.18. The van der Waals surface area contributed by atoms with Gasteiger partial charge in [-0.15, -0.1) is 0 Å². The van der Waals surface area contributed by atoms with Crippen LogP contribution in [0.5, 0.6) is 5.75 Å². The van der Waals surface area contributed by atoms with Crippen molar-refractivity contribution in [2.24, 2.45) is 4.99 Å². The molecule has 1 aliphatic heterocycles. The van der Waals surface area contributed by atoms with Gasteiger partial charge < -0.3 is 4.74 Å². The minimum Gasteiger partial charge on any atom is -0.456 e. The van der Waals surface area contributed by atoms with Crippen molar-refractivity contribution < 1.29 is 4.74 Å². The van der Waals surface area contributed by atoms with Crippen molar-refractivity contribution in [3.05, 3.63) is 64.4 Å². The average Bonchev–Trinajstić information content (AvgIpc) is 2.56. The van der Waals surface area contributed by atoms with E-state index in [4.69, 9.17) is 21.6 Å². The lowest BCUT2D eigenvalue weighted by molar-refractivity contribution is 0.433. The summed E-state index contributed by atoms with van der Waals surface area (Å²) in [6.07, 6.45) is 7.94. The third-order valence-electron chi connectivity index (χ3n) is 2.96. The maximum absolute atomic E-state index is 8.82. The first-order chi connectivity index (χ1) is 9.28. The van der Waals surface area contributed by atoms with Gasteiger partial charge in [0.05, 0.1) is 5.71 Å². The van der Waals surface area contributed by atoms with Crippen LogP contribution < -0.4 is 4.74 Å². The minimum atomic E-state index is 0.589. The quantitative estimate of drug-likeness (QED) is 0.674. The molecule has 0 radical (unpaired) electrons. The first-order valence-corrected chi connectivity index (χ1v) is 6.17. The second-order valence-electron chi connectivity index (χ2n) is 4.19. The SMILES string of the molecule is N#CN=C1C=C2CC(Cl)=CC=C2Oc2ccccc21. The van der Waals surface area contributed by atoms with Gasteiger partial charge in [0.25, 0.3) is 0 Å². The molecule has 1 aromatic carbocycles. The zero-order valence-electron chi connectivity index (χ0n) is 9.93. The van der Waals surface area contributed by atoms with E-state index < -0.39 is 0 Å². The van der Waals surface area contributed by atoms with Crippen LogP contribution in [0.25, 0.3) is 0 Å². The smallest absolute Gasteiger partial charge is 0.206 e. The van der Waals surface area contributed by atoms with Crippen LogP contribution in [0, 0.1) is 11.5 Å². The molecule has 0 saturated heterocycles. The van der Waals surface area contributed by atoms with Crippen LogP contribution in [0.3, 0.4) is 0 Å². The summed E-state index contributed by atoms with van der Waals surface area (Å²) in [4.78, 5) is 3.88. The number of halogens is 1. The molecular formula is C15H9ClN2O. The number of nitrogens with zero attached hydrogens (tertiary/aromatic N) is 2. The summed E-state index contributed by atoms with van der Waals surface area (Å²) < 4.78 is 5.89. The fourth-order valence-corrected chi connectivity index (χ4v) is 2.30. The van der Waals surface area contributed by atoms with Gasteiger partial charge in [-0.2, -0.15) is 10.3 Å². The summed E-state index contributed by atoms with van der Waals surface area (Å²) in [6.45, 7) is 0. The topological polar surface area (TPSA) is 45.4 Å². The van der Waals surface area contributed by atoms with Crippen molar-refractivity contribution in [2.75, 3.05) is 0 Å². The standard InChI is InChI=1S/C15H9ClN2O/c16-11-5-6-14-10(7-11)8-13(18-9-17)12-3-1-2-4-15(12)19-14/h1-6,8H,7H2. The lowest BCUT2D eigenvalue weighted by Gasteiger charge is -2.14. The molecule has 2 aliphatic rings. The molecule has 3 rings (SSSR count). The number of hydrogen-bond acceptors (Lipinski definition) is 3. The first-order valence-electron chi connectivity index (χ1n) is 5.79. The molecule has 0 spiro atoms. The fourth-order valence-electron chi connectivity index (χ4n) is 2.10. The highest BCUT2D eigenvalue weighted by Crippen LogP contribution is 2.34. The van der Waals surface area contributed by atoms with Gasteiger partial charge in [0, 0.05) is 22.6 Å². The number of hydrogen-bond donors (Lipinski definition) is 0. The Morgan fingerprint density at radius 2 is 2.11 bits per heavy atom. The largest absolute Gasteiger partial charge is 0.456 e. The van der Waals surface area contributed by atoms with Crippen LogP contribution in [-0.4, -0.2) is 5.71 Å². The number of ether oxygens (including phenoxy) is 1. The van der Waals surface area contributed by atoms with E-state index in [0.29, 0.717) is 17.9 Å². The fraction of sp³-hybridized carbons (Fsp3) is 0.0667. The van der Waals surface area contributed by atoms with Gasteiger partial charge in [-0.05, 0) is 30.4 Å². The summed E-state index contributed by atoms with van der Waals surface area (Å²) >= 11 is 6.04. The van der Waals surface area contributed by atoms with Gasteiger partial charge in [-0.1, -0.05) is 23.7 Å². The molecule has 0 saturated carbocycles. The highest BCUT2D eigenvalue weighted by atomic mass is 35.5. The van der Waals surface area contributed by atoms with Crippen molar-refractivity contribution >= 4 is 17.3 Å². The molecule has 0 bridgehead atoms. The number of aliphatic imine (C=N–C) groups is 1. The van der Waals surface area contributed by atoms with Gasteiger partial charge in [-0.25, -0.2) is 0 Å². The van der Waals surface area contributed by atoms with Crippen LogP contribution in [0.15, 0.2) is 63.9 Å². The monoisotopic (exact) mass is 268 g/mol. The molecule has 0 aromatic heterocycles. The number of fused-ring (bicyclic) bond motifs is 2.